The van der Waals surface area contributed by atoms with Crippen molar-refractivity contribution in [3.8, 4) is 0 Å². The Morgan fingerprint density at radius 3 is 3.20 bits per heavy atom. The number of nitrogens with one attached hydrogen (secondary N) is 1. The van der Waals surface area contributed by atoms with Crippen LogP contribution in [0.25, 0.3) is 0 Å². The molecule has 0 aromatic carbocycles. The van der Waals surface area contributed by atoms with Crippen LogP contribution < -0.4 is 5.32 Å². The summed E-state index contributed by atoms with van der Waals surface area (Å²) in [5.74, 6) is 0. The van der Waals surface area contributed by atoms with Gasteiger partial charge in [-0.15, -0.1) is 17.9 Å². The second kappa shape index (κ2) is 7.56. The quantitative estimate of drug-likeness (QED) is 0.546. The summed E-state index contributed by atoms with van der Waals surface area (Å²) >= 11 is 1.68. The lowest BCUT2D eigenvalue weighted by Crippen LogP contribution is -2.22. The van der Waals surface area contributed by atoms with E-state index >= 15 is 0 Å². The molecule has 1 atom stereocenters. The molecule has 0 spiro atoms. The molecule has 1 N–H and O–H groups in total. The fourth-order valence-corrected chi connectivity index (χ4v) is 1.81. The summed E-state index contributed by atoms with van der Waals surface area (Å²) in [6.45, 7) is 8.16. The number of thiazole rings is 1. The Balaban J connectivity index is 2.02. The molecule has 0 saturated heterocycles. The van der Waals surface area contributed by atoms with Gasteiger partial charge in [0.2, 0.25) is 0 Å². The van der Waals surface area contributed by atoms with Crippen LogP contribution in [0.3, 0.4) is 0 Å². The lowest BCUT2D eigenvalue weighted by Gasteiger charge is -2.11. The molecule has 1 aromatic rings. The molecule has 0 aliphatic rings. The van der Waals surface area contributed by atoms with Crippen molar-refractivity contribution in [1.29, 1.82) is 0 Å². The Morgan fingerprint density at radius 2 is 2.53 bits per heavy atom. The predicted octanol–water partition coefficient (Wildman–Crippen LogP) is 2.39. The lowest BCUT2D eigenvalue weighted by atomic mass is 10.3. The molecule has 0 aliphatic carbocycles. The van der Waals surface area contributed by atoms with Gasteiger partial charge in [0.25, 0.3) is 0 Å². The number of ether oxygens (including phenoxy) is 1. The van der Waals surface area contributed by atoms with E-state index in [9.17, 15) is 0 Å². The maximum Gasteiger partial charge on any atom is 0.0794 e. The molecular formula is C11H18N2OS. The van der Waals surface area contributed by atoms with E-state index in [1.165, 1.54) is 4.88 Å². The van der Waals surface area contributed by atoms with Crippen LogP contribution in [0.1, 0.15) is 24.3 Å². The summed E-state index contributed by atoms with van der Waals surface area (Å²) in [5, 5.41) is 3.38. The molecule has 1 unspecified atom stereocenters. The molecule has 15 heavy (non-hydrogen) atoms. The van der Waals surface area contributed by atoms with E-state index in [1.807, 2.05) is 17.8 Å². The van der Waals surface area contributed by atoms with Gasteiger partial charge in [0.15, 0.2) is 0 Å². The van der Waals surface area contributed by atoms with Crippen molar-refractivity contribution < 1.29 is 4.74 Å². The third kappa shape index (κ3) is 5.06. The molecule has 0 amide bonds. The van der Waals surface area contributed by atoms with Crippen LogP contribution in [0.2, 0.25) is 0 Å². The largest absolute Gasteiger partial charge is 0.380 e. The number of aromatic nitrogens is 1. The first-order valence-electron chi connectivity index (χ1n) is 5.15. The second-order valence-corrected chi connectivity index (χ2v) is 4.19. The molecule has 1 rings (SSSR count). The second-order valence-electron chi connectivity index (χ2n) is 3.27. The number of hydrogen-bond donors (Lipinski definition) is 1. The van der Waals surface area contributed by atoms with Crippen molar-refractivity contribution in [3.63, 3.8) is 0 Å². The molecule has 4 heteroatoms. The normalized spacial score (nSPS) is 12.6. The first kappa shape index (κ1) is 12.4. The van der Waals surface area contributed by atoms with Crippen LogP contribution in [0.15, 0.2) is 24.4 Å². The lowest BCUT2D eigenvalue weighted by molar-refractivity contribution is 0.139. The minimum Gasteiger partial charge on any atom is -0.380 e. The summed E-state index contributed by atoms with van der Waals surface area (Å²) < 4.78 is 5.40. The molecule has 1 heterocycles. The molecular weight excluding hydrogens is 208 g/mol. The number of hydrogen-bond acceptors (Lipinski definition) is 4. The molecule has 3 nitrogen and oxygen atoms in total. The van der Waals surface area contributed by atoms with Crippen molar-refractivity contribution in [3.05, 3.63) is 29.2 Å². The Bertz CT molecular complexity index is 262. The Kier molecular flexibility index (Phi) is 6.23. The minimum atomic E-state index is 0.362. The van der Waals surface area contributed by atoms with E-state index in [0.29, 0.717) is 6.04 Å². The number of nitrogens with zero attached hydrogens (tertiary/aromatic N) is 1. The highest BCUT2D eigenvalue weighted by Crippen LogP contribution is 2.15. The Morgan fingerprint density at radius 1 is 1.67 bits per heavy atom. The molecule has 0 aliphatic heterocycles. The van der Waals surface area contributed by atoms with Crippen LogP contribution in [0.4, 0.5) is 0 Å². The summed E-state index contributed by atoms with van der Waals surface area (Å²) in [5.41, 5.74) is 1.86. The third-order valence-corrected chi connectivity index (χ3v) is 3.00. The summed E-state index contributed by atoms with van der Waals surface area (Å²) in [6.07, 6.45) is 4.69. The molecule has 0 fully saturated rings. The van der Waals surface area contributed by atoms with Gasteiger partial charge in [-0.1, -0.05) is 6.08 Å². The standard InChI is InChI=1S/C11H18N2OS/c1-3-4-6-14-7-5-13-10(2)11-8-12-9-15-11/h3,8-10,13H,1,4-7H2,2H3. The van der Waals surface area contributed by atoms with Crippen molar-refractivity contribution >= 4 is 11.3 Å². The zero-order valence-electron chi connectivity index (χ0n) is 9.11. The van der Waals surface area contributed by atoms with Crippen LogP contribution in [-0.4, -0.2) is 24.7 Å². The van der Waals surface area contributed by atoms with Crippen LogP contribution in [-0.2, 0) is 4.74 Å². The summed E-state index contributed by atoms with van der Waals surface area (Å²) in [4.78, 5) is 5.31. The first-order chi connectivity index (χ1) is 7.34. The molecule has 0 bridgehead atoms. The van der Waals surface area contributed by atoms with E-state index < -0.39 is 0 Å². The van der Waals surface area contributed by atoms with E-state index in [0.717, 1.165) is 26.2 Å². The van der Waals surface area contributed by atoms with Gasteiger partial charge in [-0.25, -0.2) is 0 Å². The van der Waals surface area contributed by atoms with Crippen molar-refractivity contribution in [2.45, 2.75) is 19.4 Å². The minimum absolute atomic E-state index is 0.362. The maximum absolute atomic E-state index is 5.40. The Labute approximate surface area is 95.2 Å². The van der Waals surface area contributed by atoms with Crippen molar-refractivity contribution in [2.75, 3.05) is 19.8 Å². The van der Waals surface area contributed by atoms with E-state index in [-0.39, 0.29) is 0 Å². The molecule has 0 saturated carbocycles. The highest BCUT2D eigenvalue weighted by molar-refractivity contribution is 7.09. The van der Waals surface area contributed by atoms with Crippen LogP contribution in [0, 0.1) is 0 Å². The van der Waals surface area contributed by atoms with Crippen molar-refractivity contribution in [2.24, 2.45) is 0 Å². The maximum atomic E-state index is 5.40. The van der Waals surface area contributed by atoms with Crippen LogP contribution >= 0.6 is 11.3 Å². The fraction of sp³-hybridized carbons (Fsp3) is 0.545. The van der Waals surface area contributed by atoms with Crippen molar-refractivity contribution in [1.82, 2.24) is 10.3 Å². The van der Waals surface area contributed by atoms with Gasteiger partial charge in [-0.3, -0.25) is 4.98 Å². The Hall–Kier alpha value is -0.710. The highest BCUT2D eigenvalue weighted by atomic mass is 32.1. The van der Waals surface area contributed by atoms with Gasteiger partial charge in [0.05, 0.1) is 18.7 Å². The topological polar surface area (TPSA) is 34.1 Å². The van der Waals surface area contributed by atoms with E-state index in [4.69, 9.17) is 4.74 Å². The smallest absolute Gasteiger partial charge is 0.0794 e. The third-order valence-electron chi connectivity index (χ3n) is 2.04. The monoisotopic (exact) mass is 226 g/mol. The van der Waals surface area contributed by atoms with Gasteiger partial charge >= 0.3 is 0 Å². The van der Waals surface area contributed by atoms with E-state index in [2.05, 4.69) is 23.8 Å². The predicted molar refractivity (Wildman–Crippen MR) is 64.2 cm³/mol. The molecule has 1 aromatic heterocycles. The van der Waals surface area contributed by atoms with E-state index in [1.54, 1.807) is 11.3 Å². The SMILES string of the molecule is C=CCCOCCNC(C)c1cncs1. The fourth-order valence-electron chi connectivity index (χ4n) is 1.16. The zero-order valence-corrected chi connectivity index (χ0v) is 9.93. The van der Waals surface area contributed by atoms with Gasteiger partial charge in [-0.05, 0) is 13.3 Å². The first-order valence-corrected chi connectivity index (χ1v) is 6.03. The summed E-state index contributed by atoms with van der Waals surface area (Å²) in [7, 11) is 0. The van der Waals surface area contributed by atoms with Gasteiger partial charge < -0.3 is 10.1 Å². The zero-order chi connectivity index (χ0) is 10.9. The highest BCUT2D eigenvalue weighted by Gasteiger charge is 2.04. The molecule has 0 radical (unpaired) electrons. The van der Waals surface area contributed by atoms with Gasteiger partial charge in [-0.2, -0.15) is 0 Å². The summed E-state index contributed by atoms with van der Waals surface area (Å²) in [6, 6.07) is 0.362. The average molecular weight is 226 g/mol. The van der Waals surface area contributed by atoms with Gasteiger partial charge in [0.1, 0.15) is 0 Å². The van der Waals surface area contributed by atoms with Crippen LogP contribution in [0.5, 0.6) is 0 Å². The van der Waals surface area contributed by atoms with Gasteiger partial charge in [0, 0.05) is 23.7 Å². The molecule has 84 valence electrons. The number of rotatable bonds is 8. The average Bonchev–Trinajstić information content (AvgIpc) is 2.76.